The first kappa shape index (κ1) is 43.4. The second-order valence-corrected chi connectivity index (χ2v) is 14.3. The summed E-state index contributed by atoms with van der Waals surface area (Å²) in [7, 11) is 0. The number of carboxylic acid groups (broad SMARTS) is 1. The third-order valence-corrected chi connectivity index (χ3v) is 8.61. The molecule has 1 fully saturated rings. The minimum Gasteiger partial charge on any atom is -0.480 e. The highest BCUT2D eigenvalue weighted by atomic mass is 16.6. The molecule has 296 valence electrons. The quantitative estimate of drug-likeness (QED) is 0.140. The van der Waals surface area contributed by atoms with E-state index in [1.165, 1.54) is 5.56 Å². The summed E-state index contributed by atoms with van der Waals surface area (Å²) in [4.78, 5) is 76.7. The van der Waals surface area contributed by atoms with Crippen molar-refractivity contribution in [1.29, 1.82) is 0 Å². The molecule has 2 aromatic carbocycles. The van der Waals surface area contributed by atoms with Gasteiger partial charge in [-0.05, 0) is 101 Å². The molecule has 5 amide bonds. The normalized spacial score (nSPS) is 19.0. The number of ether oxygens (including phenoxy) is 2. The highest BCUT2D eigenvalue weighted by molar-refractivity contribution is 5.99. The monoisotopic (exact) mass is 752 g/mol. The fraction of sp³-hybridized carbons (Fsp3) is 0.538. The van der Waals surface area contributed by atoms with Crippen LogP contribution >= 0.6 is 0 Å². The van der Waals surface area contributed by atoms with E-state index in [2.05, 4.69) is 45.6 Å². The summed E-state index contributed by atoms with van der Waals surface area (Å²) in [6, 6.07) is 11.7. The molecule has 54 heavy (non-hydrogen) atoms. The molecule has 0 aromatic heterocycles. The molecule has 0 spiro atoms. The number of hydrogen-bond acceptors (Lipinski definition) is 9. The van der Waals surface area contributed by atoms with Crippen LogP contribution in [-0.4, -0.2) is 90.4 Å². The number of nitrogens with one attached hydrogen (secondary N) is 5. The number of rotatable bonds is 14. The van der Waals surface area contributed by atoms with Crippen LogP contribution in [-0.2, 0) is 35.1 Å². The molecule has 15 heteroatoms. The zero-order valence-electron chi connectivity index (χ0n) is 31.7. The van der Waals surface area contributed by atoms with E-state index < -0.39 is 65.6 Å². The lowest BCUT2D eigenvalue weighted by atomic mass is 10.0. The lowest BCUT2D eigenvalue weighted by Gasteiger charge is -2.24. The second-order valence-electron chi connectivity index (χ2n) is 14.3. The summed E-state index contributed by atoms with van der Waals surface area (Å²) >= 11 is 0. The number of benzene rings is 2. The number of unbranched alkanes of at least 4 members (excludes halogenated alkanes) is 2. The van der Waals surface area contributed by atoms with Gasteiger partial charge in [0.05, 0.1) is 6.61 Å². The molecule has 0 radical (unpaired) electrons. The Morgan fingerprint density at radius 1 is 0.944 bits per heavy atom. The number of carbonyl (C=O) groups excluding carboxylic acids is 5. The molecule has 1 aliphatic heterocycles. The molecule has 0 bridgehead atoms. The van der Waals surface area contributed by atoms with Crippen molar-refractivity contribution < 1.29 is 43.3 Å². The predicted octanol–water partition coefficient (Wildman–Crippen LogP) is 3.15. The number of aryl methyl sites for hydroxylation is 1. The van der Waals surface area contributed by atoms with Crippen molar-refractivity contribution in [1.82, 2.24) is 26.6 Å². The molecule has 2 aromatic rings. The first-order valence-corrected chi connectivity index (χ1v) is 18.6. The van der Waals surface area contributed by atoms with E-state index in [4.69, 9.17) is 15.2 Å². The molecule has 1 saturated heterocycles. The van der Waals surface area contributed by atoms with E-state index >= 15 is 0 Å². The molecule has 0 unspecified atom stereocenters. The molecular formula is C39H56N6O9. The smallest absolute Gasteiger partial charge is 0.407 e. The zero-order chi connectivity index (χ0) is 39.7. The highest BCUT2D eigenvalue weighted by Gasteiger charge is 2.31. The van der Waals surface area contributed by atoms with Crippen LogP contribution in [0.15, 0.2) is 48.5 Å². The van der Waals surface area contributed by atoms with E-state index in [-0.39, 0.29) is 32.6 Å². The average molecular weight is 753 g/mol. The maximum absolute atomic E-state index is 13.8. The number of aliphatic carboxylic acids is 1. The van der Waals surface area contributed by atoms with E-state index in [9.17, 15) is 33.9 Å². The fourth-order valence-electron chi connectivity index (χ4n) is 5.59. The van der Waals surface area contributed by atoms with Crippen molar-refractivity contribution in [2.24, 2.45) is 5.73 Å². The van der Waals surface area contributed by atoms with Gasteiger partial charge < -0.3 is 46.9 Å². The van der Waals surface area contributed by atoms with Gasteiger partial charge in [0.15, 0.2) is 6.17 Å². The predicted molar refractivity (Wildman–Crippen MR) is 202 cm³/mol. The van der Waals surface area contributed by atoms with E-state index in [1.54, 1.807) is 32.9 Å². The summed E-state index contributed by atoms with van der Waals surface area (Å²) in [5, 5.41) is 22.2. The van der Waals surface area contributed by atoms with E-state index in [1.807, 2.05) is 24.3 Å². The van der Waals surface area contributed by atoms with Crippen LogP contribution in [0.3, 0.4) is 0 Å². The number of alkyl carbamates (subject to hydrolysis) is 1. The SMILES string of the molecule is CCCCc1ccc(-c2ccc(C(=O)N[C@@H](CCCCNC(=O)OC(C)(C)C)C(=O)N[C@H]3COCCCC[C@@H](C(=O)O)NC(=O)[C@H](N)NC3=O)cc2)cc1. The molecule has 0 saturated carbocycles. The maximum Gasteiger partial charge on any atom is 0.407 e. The Morgan fingerprint density at radius 3 is 2.24 bits per heavy atom. The Kier molecular flexibility index (Phi) is 17.4. The van der Waals surface area contributed by atoms with E-state index in [0.717, 1.165) is 30.4 Å². The number of carboxylic acids is 1. The Morgan fingerprint density at radius 2 is 1.61 bits per heavy atom. The van der Waals surface area contributed by atoms with Crippen LogP contribution in [0.4, 0.5) is 4.79 Å². The number of nitrogens with two attached hydrogens (primary N) is 1. The van der Waals surface area contributed by atoms with Crippen LogP contribution in [0.5, 0.6) is 0 Å². The summed E-state index contributed by atoms with van der Waals surface area (Å²) < 4.78 is 10.9. The molecule has 15 nitrogen and oxygen atoms in total. The number of hydrogen-bond donors (Lipinski definition) is 7. The van der Waals surface area contributed by atoms with Crippen molar-refractivity contribution in [2.75, 3.05) is 19.8 Å². The Bertz CT molecular complexity index is 1560. The van der Waals surface area contributed by atoms with E-state index in [0.29, 0.717) is 31.2 Å². The third-order valence-electron chi connectivity index (χ3n) is 8.61. The maximum atomic E-state index is 13.8. The Hall–Kier alpha value is -5.02. The van der Waals surface area contributed by atoms with Crippen molar-refractivity contribution in [2.45, 2.75) is 115 Å². The lowest BCUT2D eigenvalue weighted by Crippen LogP contribution is -2.61. The summed E-state index contributed by atoms with van der Waals surface area (Å²) in [5.74, 6) is -4.16. The minimum atomic E-state index is -1.60. The highest BCUT2D eigenvalue weighted by Crippen LogP contribution is 2.21. The molecular weight excluding hydrogens is 696 g/mol. The molecule has 1 heterocycles. The average Bonchev–Trinajstić information content (AvgIpc) is 3.13. The van der Waals surface area contributed by atoms with Crippen molar-refractivity contribution in [3.8, 4) is 11.1 Å². The second kappa shape index (κ2) is 21.6. The fourth-order valence-corrected chi connectivity index (χ4v) is 5.59. The van der Waals surface area contributed by atoms with Gasteiger partial charge in [-0.3, -0.25) is 19.2 Å². The van der Waals surface area contributed by atoms with Crippen molar-refractivity contribution in [3.05, 3.63) is 59.7 Å². The third kappa shape index (κ3) is 15.1. The van der Waals surface area contributed by atoms with Gasteiger partial charge in [0, 0.05) is 18.7 Å². The molecule has 3 rings (SSSR count). The van der Waals surface area contributed by atoms with Gasteiger partial charge in [-0.2, -0.15) is 0 Å². The first-order valence-electron chi connectivity index (χ1n) is 18.6. The molecule has 1 aliphatic rings. The first-order chi connectivity index (χ1) is 25.7. The summed E-state index contributed by atoms with van der Waals surface area (Å²) in [6.07, 6.45) is 3.09. The number of carbonyl (C=O) groups is 6. The Labute approximate surface area is 316 Å². The van der Waals surface area contributed by atoms with Crippen LogP contribution in [0.2, 0.25) is 0 Å². The van der Waals surface area contributed by atoms with Crippen LogP contribution in [0, 0.1) is 0 Å². The van der Waals surface area contributed by atoms with Gasteiger partial charge in [-0.1, -0.05) is 49.7 Å². The van der Waals surface area contributed by atoms with Crippen LogP contribution < -0.4 is 32.3 Å². The van der Waals surface area contributed by atoms with Gasteiger partial charge in [0.25, 0.3) is 11.8 Å². The molecule has 0 aliphatic carbocycles. The standard InChI is InChI=1S/C39H56N6O9/c1-5-6-11-25-14-16-26(17-15-25)27-18-20-28(21-19-27)33(46)42-29(12-7-9-22-41-38(52)54-39(2,3)4)34(47)44-31-24-53-23-10-8-13-30(37(50)51)43-36(49)32(40)45-35(31)48/h14-21,29-32H,5-13,22-24,40H2,1-4H3,(H,41,52)(H,42,46)(H,43,49)(H,44,47)(H,45,48)(H,50,51)/t29-,30-,31-,32+/m0/s1. The summed E-state index contributed by atoms with van der Waals surface area (Å²) in [5.41, 5.74) is 8.72. The van der Waals surface area contributed by atoms with Crippen LogP contribution in [0.25, 0.3) is 11.1 Å². The van der Waals surface area contributed by atoms with Crippen molar-refractivity contribution >= 4 is 35.7 Å². The molecule has 8 N–H and O–H groups in total. The minimum absolute atomic E-state index is 0.134. The van der Waals surface area contributed by atoms with Gasteiger partial charge in [0.2, 0.25) is 11.8 Å². The lowest BCUT2D eigenvalue weighted by molar-refractivity contribution is -0.142. The topological polar surface area (TPSA) is 227 Å². The van der Waals surface area contributed by atoms with Crippen molar-refractivity contribution in [3.63, 3.8) is 0 Å². The van der Waals surface area contributed by atoms with Gasteiger partial charge in [-0.25, -0.2) is 9.59 Å². The zero-order valence-corrected chi connectivity index (χ0v) is 31.7. The van der Waals surface area contributed by atoms with Gasteiger partial charge in [0.1, 0.15) is 23.7 Å². The summed E-state index contributed by atoms with van der Waals surface area (Å²) in [6.45, 7) is 7.58. The Balaban J connectivity index is 1.73. The van der Waals surface area contributed by atoms with Gasteiger partial charge >= 0.3 is 12.1 Å². The van der Waals surface area contributed by atoms with Crippen LogP contribution in [0.1, 0.15) is 95.0 Å². The van der Waals surface area contributed by atoms with Gasteiger partial charge in [-0.15, -0.1) is 0 Å². The molecule has 4 atom stereocenters. The largest absolute Gasteiger partial charge is 0.480 e. The number of amides is 5.